The summed E-state index contributed by atoms with van der Waals surface area (Å²) in [6, 6.07) is 15.6. The van der Waals surface area contributed by atoms with Crippen LogP contribution < -0.4 is 21.9 Å². The fraction of sp³-hybridized carbons (Fsp3) is 0.286. The highest BCUT2D eigenvalue weighted by molar-refractivity contribution is 5.89. The summed E-state index contributed by atoms with van der Waals surface area (Å²) in [6.45, 7) is 1.96. The normalized spacial score (nSPS) is 19.3. The van der Waals surface area contributed by atoms with E-state index in [1.54, 1.807) is 4.57 Å². The summed E-state index contributed by atoms with van der Waals surface area (Å²) in [4.78, 5) is 31.2. The fourth-order valence-electron chi connectivity index (χ4n) is 5.18. The minimum atomic E-state index is -0.352. The van der Waals surface area contributed by atoms with E-state index in [9.17, 15) is 9.59 Å². The van der Waals surface area contributed by atoms with E-state index >= 15 is 0 Å². The molecule has 0 bridgehead atoms. The molecule has 2 unspecified atom stereocenters. The lowest BCUT2D eigenvalue weighted by Gasteiger charge is -2.17. The third kappa shape index (κ3) is 4.31. The van der Waals surface area contributed by atoms with Crippen molar-refractivity contribution < 1.29 is 0 Å². The molecule has 0 spiro atoms. The first-order chi connectivity index (χ1) is 18.1. The number of hydrogen-bond donors (Lipinski definition) is 2. The predicted octanol–water partition coefficient (Wildman–Crippen LogP) is 3.24. The number of rotatable bonds is 6. The number of anilines is 2. The number of allylic oxidation sites excluding steroid dienone is 4. The molecule has 1 saturated heterocycles. The Balaban J connectivity index is 1.44. The zero-order valence-electron chi connectivity index (χ0n) is 20.7. The Morgan fingerprint density at radius 1 is 1.11 bits per heavy atom. The van der Waals surface area contributed by atoms with Crippen molar-refractivity contribution in [3.63, 3.8) is 0 Å². The van der Waals surface area contributed by atoms with Gasteiger partial charge in [0.2, 0.25) is 0 Å². The van der Waals surface area contributed by atoms with Crippen LogP contribution in [-0.2, 0) is 13.6 Å². The van der Waals surface area contributed by atoms with E-state index in [-0.39, 0.29) is 23.2 Å². The lowest BCUT2D eigenvalue weighted by Crippen LogP contribution is -2.40. The van der Waals surface area contributed by atoms with Crippen molar-refractivity contribution in [1.29, 1.82) is 0 Å². The summed E-state index contributed by atoms with van der Waals surface area (Å²) in [5, 5.41) is 12.0. The van der Waals surface area contributed by atoms with Crippen LogP contribution in [0.15, 0.2) is 88.1 Å². The lowest BCUT2D eigenvalue weighted by atomic mass is 9.93. The Morgan fingerprint density at radius 2 is 1.95 bits per heavy atom. The first kappa shape index (κ1) is 23.2. The van der Waals surface area contributed by atoms with Crippen LogP contribution in [0.25, 0.3) is 11.0 Å². The molecular weight excluding hydrogens is 466 g/mol. The molecule has 9 nitrogen and oxygen atoms in total. The van der Waals surface area contributed by atoms with Crippen molar-refractivity contribution >= 4 is 22.5 Å². The molecule has 0 radical (unpaired) electrons. The minimum Gasteiger partial charge on any atom is -0.340 e. The summed E-state index contributed by atoms with van der Waals surface area (Å²) in [6.07, 6.45) is 9.94. The maximum Gasteiger partial charge on any atom is 0.332 e. The Labute approximate surface area is 213 Å². The molecule has 4 heterocycles. The van der Waals surface area contributed by atoms with Gasteiger partial charge in [-0.3, -0.25) is 18.9 Å². The van der Waals surface area contributed by atoms with Crippen LogP contribution in [0.2, 0.25) is 0 Å². The molecule has 1 fully saturated rings. The number of para-hydroxylation sites is 1. The smallest absolute Gasteiger partial charge is 0.332 e. The average molecular weight is 496 g/mol. The number of benzene rings is 1. The van der Waals surface area contributed by atoms with Crippen LogP contribution in [0.3, 0.4) is 0 Å². The van der Waals surface area contributed by atoms with Gasteiger partial charge in [-0.05, 0) is 49.2 Å². The predicted molar refractivity (Wildman–Crippen MR) is 144 cm³/mol. The molecule has 0 amide bonds. The number of nitrogens with zero attached hydrogens (tertiary/aromatic N) is 5. The highest BCUT2D eigenvalue weighted by Gasteiger charge is 2.27. The van der Waals surface area contributed by atoms with Gasteiger partial charge < -0.3 is 10.6 Å². The summed E-state index contributed by atoms with van der Waals surface area (Å²) in [7, 11) is 1.54. The number of hydrogen-bond acceptors (Lipinski definition) is 6. The van der Waals surface area contributed by atoms with Crippen LogP contribution in [0.5, 0.6) is 0 Å². The van der Waals surface area contributed by atoms with E-state index in [1.807, 2.05) is 59.4 Å². The van der Waals surface area contributed by atoms with Gasteiger partial charge in [0, 0.05) is 37.1 Å². The first-order valence-electron chi connectivity index (χ1n) is 12.6. The molecule has 6 rings (SSSR count). The average Bonchev–Trinajstić information content (AvgIpc) is 3.58. The van der Waals surface area contributed by atoms with E-state index in [0.29, 0.717) is 29.9 Å². The van der Waals surface area contributed by atoms with E-state index < -0.39 is 0 Å². The largest absolute Gasteiger partial charge is 0.340 e. The van der Waals surface area contributed by atoms with E-state index in [1.165, 1.54) is 11.6 Å². The van der Waals surface area contributed by atoms with Gasteiger partial charge in [-0.1, -0.05) is 42.5 Å². The van der Waals surface area contributed by atoms with Crippen molar-refractivity contribution in [2.75, 3.05) is 18.4 Å². The van der Waals surface area contributed by atoms with Crippen LogP contribution in [0, 0.1) is 0 Å². The minimum absolute atomic E-state index is 0.0531. The molecule has 1 aromatic carbocycles. The molecule has 4 aromatic rings. The van der Waals surface area contributed by atoms with Gasteiger partial charge in [0.25, 0.3) is 5.56 Å². The van der Waals surface area contributed by atoms with Crippen molar-refractivity contribution in [1.82, 2.24) is 29.2 Å². The van der Waals surface area contributed by atoms with Crippen molar-refractivity contribution in [3.05, 3.63) is 105 Å². The van der Waals surface area contributed by atoms with E-state index in [0.717, 1.165) is 36.3 Å². The second-order valence-electron chi connectivity index (χ2n) is 9.59. The molecule has 1 aliphatic carbocycles. The quantitative estimate of drug-likeness (QED) is 0.426. The van der Waals surface area contributed by atoms with Gasteiger partial charge in [0.15, 0.2) is 5.65 Å². The number of aromatic nitrogens is 5. The Hall–Kier alpha value is -4.24. The maximum atomic E-state index is 13.4. The third-order valence-corrected chi connectivity index (χ3v) is 7.19. The molecule has 37 heavy (non-hydrogen) atoms. The summed E-state index contributed by atoms with van der Waals surface area (Å²) in [5.41, 5.74) is 2.71. The summed E-state index contributed by atoms with van der Waals surface area (Å²) < 4.78 is 4.69. The second kappa shape index (κ2) is 9.67. The summed E-state index contributed by atoms with van der Waals surface area (Å²) >= 11 is 0. The van der Waals surface area contributed by atoms with Gasteiger partial charge in [0.1, 0.15) is 11.2 Å². The van der Waals surface area contributed by atoms with Gasteiger partial charge in [-0.2, -0.15) is 5.10 Å². The monoisotopic (exact) mass is 495 g/mol. The van der Waals surface area contributed by atoms with E-state index in [2.05, 4.69) is 33.8 Å². The Kier molecular flexibility index (Phi) is 6.05. The SMILES string of the molecule is Cn1c(=O)c2c(Nc3ccccc3)n(CC3=CCC(c4ccccn4)C=C3)nc2n(C2CCNC2)c1=O. The zero-order valence-corrected chi connectivity index (χ0v) is 20.7. The highest BCUT2D eigenvalue weighted by atomic mass is 16.2. The zero-order chi connectivity index (χ0) is 25.4. The van der Waals surface area contributed by atoms with Crippen LogP contribution >= 0.6 is 0 Å². The van der Waals surface area contributed by atoms with Crippen LogP contribution in [0.4, 0.5) is 11.5 Å². The lowest BCUT2D eigenvalue weighted by molar-refractivity contribution is 0.509. The molecule has 3 aromatic heterocycles. The third-order valence-electron chi connectivity index (χ3n) is 7.19. The molecule has 0 saturated carbocycles. The van der Waals surface area contributed by atoms with Crippen LogP contribution in [-0.4, -0.2) is 37.0 Å². The Bertz CT molecular complexity index is 1610. The fourth-order valence-corrected chi connectivity index (χ4v) is 5.18. The number of fused-ring (bicyclic) bond motifs is 1. The molecule has 2 atom stereocenters. The van der Waals surface area contributed by atoms with Gasteiger partial charge in [-0.25, -0.2) is 9.48 Å². The van der Waals surface area contributed by atoms with Gasteiger partial charge >= 0.3 is 5.69 Å². The highest BCUT2D eigenvalue weighted by Crippen LogP contribution is 2.29. The van der Waals surface area contributed by atoms with E-state index in [4.69, 9.17) is 5.10 Å². The molecular formula is C28H29N7O2. The molecule has 1 aliphatic heterocycles. The van der Waals surface area contributed by atoms with Gasteiger partial charge in [-0.15, -0.1) is 0 Å². The number of pyridine rings is 1. The maximum absolute atomic E-state index is 13.4. The molecule has 188 valence electrons. The Morgan fingerprint density at radius 3 is 2.65 bits per heavy atom. The first-order valence-corrected chi connectivity index (χ1v) is 12.6. The molecule has 2 N–H and O–H groups in total. The van der Waals surface area contributed by atoms with Crippen molar-refractivity contribution in [2.45, 2.75) is 31.3 Å². The number of nitrogens with one attached hydrogen (secondary N) is 2. The molecule has 2 aliphatic rings. The second-order valence-corrected chi connectivity index (χ2v) is 9.59. The summed E-state index contributed by atoms with van der Waals surface area (Å²) in [5.74, 6) is 0.818. The van der Waals surface area contributed by atoms with Crippen molar-refractivity contribution in [2.24, 2.45) is 7.05 Å². The molecule has 9 heteroatoms. The topological polar surface area (TPSA) is 98.8 Å². The van der Waals surface area contributed by atoms with Gasteiger partial charge in [0.05, 0.1) is 12.6 Å². The van der Waals surface area contributed by atoms with Crippen molar-refractivity contribution in [3.8, 4) is 0 Å². The standard InChI is InChI=1S/C28H29N7O2/c1-33-27(36)24-25(31-21-7-3-2-4-8-21)34(32-26(24)35(28(33)37)22-14-16-29-17-22)18-19-10-12-20(13-11-19)23-9-5-6-15-30-23/h2-12,15,20,22,29,31H,13-14,16-18H2,1H3. The van der Waals surface area contributed by atoms with Crippen LogP contribution in [0.1, 0.15) is 30.5 Å².